The summed E-state index contributed by atoms with van der Waals surface area (Å²) in [5.41, 5.74) is 3.29. The molecule has 3 aromatic rings. The van der Waals surface area contributed by atoms with Crippen LogP contribution in [0.5, 0.6) is 0 Å². The molecule has 2 aromatic carbocycles. The highest BCUT2D eigenvalue weighted by Gasteiger charge is 2.27. The van der Waals surface area contributed by atoms with Crippen molar-refractivity contribution in [2.24, 2.45) is 0 Å². The molecule has 1 N–H and O–H groups in total. The third-order valence-electron chi connectivity index (χ3n) is 4.88. The molecule has 28 heavy (non-hydrogen) atoms. The zero-order valence-electron chi connectivity index (χ0n) is 15.4. The third kappa shape index (κ3) is 3.44. The topological polar surface area (TPSA) is 84.3 Å². The molecular formula is C20H20N4O3S. The van der Waals surface area contributed by atoms with E-state index in [1.165, 1.54) is 13.1 Å². The molecular weight excluding hydrogens is 376 g/mol. The van der Waals surface area contributed by atoms with Gasteiger partial charge in [-0.1, -0.05) is 12.1 Å². The lowest BCUT2D eigenvalue weighted by molar-refractivity contribution is 0.0989. The molecule has 0 saturated heterocycles. The number of amides is 1. The molecule has 0 fully saturated rings. The fourth-order valence-corrected chi connectivity index (χ4v) is 4.14. The van der Waals surface area contributed by atoms with Gasteiger partial charge in [-0.05, 0) is 61.0 Å². The van der Waals surface area contributed by atoms with Crippen LogP contribution in [0, 0.1) is 0 Å². The number of nitrogens with one attached hydrogen (secondary N) is 1. The number of nitrogens with zero attached hydrogens (tertiary/aromatic N) is 3. The summed E-state index contributed by atoms with van der Waals surface area (Å²) in [5, 5.41) is 4.18. The van der Waals surface area contributed by atoms with Gasteiger partial charge in [-0.25, -0.2) is 13.1 Å². The smallest absolute Gasteiger partial charge is 0.258 e. The van der Waals surface area contributed by atoms with Gasteiger partial charge >= 0.3 is 0 Å². The Morgan fingerprint density at radius 3 is 2.64 bits per heavy atom. The Morgan fingerprint density at radius 2 is 1.96 bits per heavy atom. The highest BCUT2D eigenvalue weighted by atomic mass is 32.2. The number of benzene rings is 2. The molecule has 1 aromatic heterocycles. The van der Waals surface area contributed by atoms with Crippen LogP contribution in [0.1, 0.15) is 21.5 Å². The van der Waals surface area contributed by atoms with Gasteiger partial charge < -0.3 is 4.90 Å². The summed E-state index contributed by atoms with van der Waals surface area (Å²) in [6, 6.07) is 14.2. The maximum absolute atomic E-state index is 13.0. The van der Waals surface area contributed by atoms with Crippen LogP contribution in [-0.4, -0.2) is 37.7 Å². The number of hydrogen-bond donors (Lipinski definition) is 1. The summed E-state index contributed by atoms with van der Waals surface area (Å²) in [6.45, 7) is 1.18. The van der Waals surface area contributed by atoms with E-state index in [1.54, 1.807) is 23.2 Å². The van der Waals surface area contributed by atoms with E-state index >= 15 is 0 Å². The van der Waals surface area contributed by atoms with Gasteiger partial charge in [0, 0.05) is 30.2 Å². The van der Waals surface area contributed by atoms with Crippen LogP contribution in [0.4, 0.5) is 5.69 Å². The van der Waals surface area contributed by atoms with Crippen molar-refractivity contribution >= 4 is 21.6 Å². The summed E-state index contributed by atoms with van der Waals surface area (Å²) in [5.74, 6) is -0.0892. The zero-order chi connectivity index (χ0) is 19.7. The molecule has 1 amide bonds. The van der Waals surface area contributed by atoms with E-state index in [9.17, 15) is 13.2 Å². The molecule has 1 aliphatic rings. The molecule has 1 aliphatic heterocycles. The summed E-state index contributed by atoms with van der Waals surface area (Å²) in [4.78, 5) is 14.9. The highest BCUT2D eigenvalue weighted by Crippen LogP contribution is 2.31. The molecule has 0 atom stereocenters. The van der Waals surface area contributed by atoms with Gasteiger partial charge in [-0.15, -0.1) is 0 Å². The average Bonchev–Trinajstić information content (AvgIpc) is 3.37. The van der Waals surface area contributed by atoms with E-state index < -0.39 is 10.0 Å². The number of anilines is 1. The van der Waals surface area contributed by atoms with Crippen molar-refractivity contribution < 1.29 is 13.2 Å². The van der Waals surface area contributed by atoms with Crippen molar-refractivity contribution in [3.05, 3.63) is 77.6 Å². The second-order valence-electron chi connectivity index (χ2n) is 6.61. The number of aromatic nitrogens is 2. The van der Waals surface area contributed by atoms with Crippen LogP contribution < -0.4 is 9.62 Å². The first-order valence-corrected chi connectivity index (χ1v) is 10.4. The van der Waals surface area contributed by atoms with Gasteiger partial charge in [-0.2, -0.15) is 5.10 Å². The minimum Gasteiger partial charge on any atom is -0.308 e. The monoisotopic (exact) mass is 396 g/mol. The molecule has 0 radical (unpaired) electrons. The van der Waals surface area contributed by atoms with E-state index in [2.05, 4.69) is 9.82 Å². The normalized spacial score (nSPS) is 13.5. The predicted molar refractivity (Wildman–Crippen MR) is 106 cm³/mol. The van der Waals surface area contributed by atoms with Crippen LogP contribution in [0.2, 0.25) is 0 Å². The highest BCUT2D eigenvalue weighted by molar-refractivity contribution is 7.89. The number of sulfonamides is 1. The van der Waals surface area contributed by atoms with Gasteiger partial charge in [0.25, 0.3) is 5.91 Å². The minimum absolute atomic E-state index is 0.0892. The first-order valence-electron chi connectivity index (χ1n) is 8.92. The maximum atomic E-state index is 13.0. The number of hydrogen-bond acceptors (Lipinski definition) is 4. The van der Waals surface area contributed by atoms with Crippen LogP contribution in [-0.2, 0) is 23.0 Å². The van der Waals surface area contributed by atoms with Crippen LogP contribution >= 0.6 is 0 Å². The maximum Gasteiger partial charge on any atom is 0.258 e. The third-order valence-corrected chi connectivity index (χ3v) is 6.29. The first kappa shape index (κ1) is 18.4. The van der Waals surface area contributed by atoms with E-state index in [-0.39, 0.29) is 10.8 Å². The lowest BCUT2D eigenvalue weighted by Crippen LogP contribution is -2.28. The summed E-state index contributed by atoms with van der Waals surface area (Å²) in [7, 11) is -2.11. The van der Waals surface area contributed by atoms with Gasteiger partial charge in [0.05, 0.1) is 11.4 Å². The number of rotatable bonds is 5. The Kier molecular flexibility index (Phi) is 4.74. The van der Waals surface area contributed by atoms with Crippen LogP contribution in [0.25, 0.3) is 0 Å². The van der Waals surface area contributed by atoms with Crippen molar-refractivity contribution in [2.45, 2.75) is 17.9 Å². The quantitative estimate of drug-likeness (QED) is 0.715. The van der Waals surface area contributed by atoms with Gasteiger partial charge in [-0.3, -0.25) is 9.48 Å². The molecule has 0 aliphatic carbocycles. The molecule has 8 heteroatoms. The standard InChI is InChI=1S/C20H20N4O3S/c1-21-28(26,27)18-7-8-19-17(13-18)9-12-24(19)20(25)16-5-3-15(4-6-16)14-23-11-2-10-22-23/h2-8,10-11,13,21H,9,12,14H2,1H3. The summed E-state index contributed by atoms with van der Waals surface area (Å²) < 4.78 is 28.1. The second-order valence-corrected chi connectivity index (χ2v) is 8.49. The molecule has 4 rings (SSSR count). The zero-order valence-corrected chi connectivity index (χ0v) is 16.2. The van der Waals surface area contributed by atoms with Gasteiger partial charge in [0.15, 0.2) is 0 Å². The van der Waals surface area contributed by atoms with E-state index in [4.69, 9.17) is 0 Å². The first-order chi connectivity index (χ1) is 13.5. The predicted octanol–water partition coefficient (Wildman–Crippen LogP) is 2.04. The summed E-state index contributed by atoms with van der Waals surface area (Å²) in [6.07, 6.45) is 4.25. The molecule has 144 valence electrons. The lowest BCUT2D eigenvalue weighted by Gasteiger charge is -2.18. The van der Waals surface area contributed by atoms with Crippen molar-refractivity contribution in [3.8, 4) is 0 Å². The van der Waals surface area contributed by atoms with E-state index in [1.807, 2.05) is 41.2 Å². The lowest BCUT2D eigenvalue weighted by atomic mass is 10.1. The van der Waals surface area contributed by atoms with Crippen molar-refractivity contribution in [3.63, 3.8) is 0 Å². The number of fused-ring (bicyclic) bond motifs is 1. The summed E-state index contributed by atoms with van der Waals surface area (Å²) >= 11 is 0. The van der Waals surface area contributed by atoms with Crippen LogP contribution in [0.3, 0.4) is 0 Å². The van der Waals surface area contributed by atoms with E-state index in [0.29, 0.717) is 25.1 Å². The average molecular weight is 396 g/mol. The Hall–Kier alpha value is -2.97. The fraction of sp³-hybridized carbons (Fsp3) is 0.200. The second kappa shape index (κ2) is 7.21. The SMILES string of the molecule is CNS(=O)(=O)c1ccc2c(c1)CCN2C(=O)c1ccc(Cn2cccn2)cc1. The molecule has 2 heterocycles. The minimum atomic E-state index is -3.50. The largest absolute Gasteiger partial charge is 0.308 e. The number of carbonyl (C=O) groups excluding carboxylic acids is 1. The fourth-order valence-electron chi connectivity index (χ4n) is 3.36. The molecule has 0 unspecified atom stereocenters. The van der Waals surface area contributed by atoms with Gasteiger partial charge in [0.2, 0.25) is 10.0 Å². The van der Waals surface area contributed by atoms with Crippen LogP contribution in [0.15, 0.2) is 65.8 Å². The Balaban J connectivity index is 1.54. The molecule has 7 nitrogen and oxygen atoms in total. The van der Waals surface area contributed by atoms with Crippen molar-refractivity contribution in [1.82, 2.24) is 14.5 Å². The number of carbonyl (C=O) groups is 1. The molecule has 0 spiro atoms. The Bertz CT molecular complexity index is 1110. The molecule has 0 saturated carbocycles. The molecule has 0 bridgehead atoms. The Morgan fingerprint density at radius 1 is 1.18 bits per heavy atom. The van der Waals surface area contributed by atoms with E-state index in [0.717, 1.165) is 16.8 Å². The Labute approximate surface area is 163 Å². The van der Waals surface area contributed by atoms with Crippen molar-refractivity contribution in [2.75, 3.05) is 18.5 Å². The van der Waals surface area contributed by atoms with Gasteiger partial charge in [0.1, 0.15) is 0 Å². The van der Waals surface area contributed by atoms with Crippen molar-refractivity contribution in [1.29, 1.82) is 0 Å².